The van der Waals surface area contributed by atoms with E-state index in [1.165, 1.54) is 14.7 Å². The van der Waals surface area contributed by atoms with E-state index < -0.39 is 35.9 Å². The number of amides is 4. The second kappa shape index (κ2) is 13.8. The van der Waals surface area contributed by atoms with Crippen LogP contribution in [0.2, 0.25) is 0 Å². The number of carbonyl (C=O) groups excluding carboxylic acids is 4. The SMILES string of the molecule is O.O=C1CN(Cc2ccccc2)C(=O)CN2C(=O)c3ccccc3[C@@]2(O)CN(Cc2ccccc2)C(=O)CN1Cc1ccccc1. The van der Waals surface area contributed by atoms with Gasteiger partial charge in [-0.15, -0.1) is 0 Å². The number of β-amino-alcohol motifs (C(OH)–C–C–N with tert-alkyl or cyclic N) is 1. The van der Waals surface area contributed by atoms with E-state index in [4.69, 9.17) is 0 Å². The van der Waals surface area contributed by atoms with Crippen LogP contribution >= 0.6 is 0 Å². The zero-order valence-electron chi connectivity index (χ0n) is 25.3. The number of carbonyl (C=O) groups is 4. The van der Waals surface area contributed by atoms with Gasteiger partial charge >= 0.3 is 0 Å². The van der Waals surface area contributed by atoms with Gasteiger partial charge in [-0.25, -0.2) is 0 Å². The maximum Gasteiger partial charge on any atom is 0.257 e. The minimum Gasteiger partial charge on any atom is -0.412 e. The van der Waals surface area contributed by atoms with Gasteiger partial charge in [-0.2, -0.15) is 0 Å². The monoisotopic (exact) mass is 620 g/mol. The molecule has 0 radical (unpaired) electrons. The summed E-state index contributed by atoms with van der Waals surface area (Å²) in [6.07, 6.45) is 0. The van der Waals surface area contributed by atoms with Gasteiger partial charge in [-0.05, 0) is 22.8 Å². The van der Waals surface area contributed by atoms with Crippen LogP contribution in [-0.2, 0) is 39.7 Å². The molecule has 0 bridgehead atoms. The molecule has 4 amide bonds. The molecule has 3 N–H and O–H groups in total. The summed E-state index contributed by atoms with van der Waals surface area (Å²) in [4.78, 5) is 61.4. The molecule has 0 aliphatic carbocycles. The number of benzene rings is 4. The van der Waals surface area contributed by atoms with Crippen molar-refractivity contribution in [3.05, 3.63) is 143 Å². The summed E-state index contributed by atoms with van der Waals surface area (Å²) in [6.45, 7) is -0.937. The quantitative estimate of drug-likeness (QED) is 0.354. The highest BCUT2D eigenvalue weighted by molar-refractivity contribution is 6.02. The summed E-state index contributed by atoms with van der Waals surface area (Å²) in [5.41, 5.74) is 1.08. The zero-order chi connectivity index (χ0) is 31.4. The lowest BCUT2D eigenvalue weighted by Crippen LogP contribution is -2.58. The van der Waals surface area contributed by atoms with Crippen molar-refractivity contribution in [2.24, 2.45) is 0 Å². The second-order valence-corrected chi connectivity index (χ2v) is 11.5. The van der Waals surface area contributed by atoms with Gasteiger partial charge in [0.1, 0.15) is 19.6 Å². The first-order valence-corrected chi connectivity index (χ1v) is 14.9. The van der Waals surface area contributed by atoms with E-state index in [1.54, 1.807) is 24.3 Å². The standard InChI is InChI=1S/C36H34N4O5.H2O/c41-32-23-38(21-28-14-6-2-7-15-28)34(43)25-40-35(44)30-18-10-11-19-31(30)36(40,45)26-39(22-29-16-8-3-9-17-29)33(42)24-37(32)20-27-12-4-1-5-13-27;/h1-19,45H,20-26H2;1H2/t36-;/m0./s1. The number of hydrogen-bond acceptors (Lipinski definition) is 5. The maximum atomic E-state index is 14.2. The second-order valence-electron chi connectivity index (χ2n) is 11.5. The Kier molecular flexibility index (Phi) is 9.60. The Labute approximate surface area is 267 Å². The number of nitrogens with zero attached hydrogens (tertiary/aromatic N) is 4. The maximum absolute atomic E-state index is 14.2. The molecular formula is C36H36N4O6. The first kappa shape index (κ1) is 32.1. The summed E-state index contributed by atoms with van der Waals surface area (Å²) in [5.74, 6) is -1.80. The fourth-order valence-corrected chi connectivity index (χ4v) is 5.99. The minimum atomic E-state index is -1.97. The summed E-state index contributed by atoms with van der Waals surface area (Å²) in [6, 6.07) is 34.6. The lowest BCUT2D eigenvalue weighted by Gasteiger charge is -2.40. The lowest BCUT2D eigenvalue weighted by molar-refractivity contribution is -0.157. The van der Waals surface area contributed by atoms with Gasteiger partial charge in [0, 0.05) is 30.8 Å². The van der Waals surface area contributed by atoms with Crippen molar-refractivity contribution < 1.29 is 29.8 Å². The van der Waals surface area contributed by atoms with Crippen LogP contribution in [0, 0.1) is 0 Å². The molecule has 10 nitrogen and oxygen atoms in total. The summed E-state index contributed by atoms with van der Waals surface area (Å²) < 4.78 is 0. The summed E-state index contributed by atoms with van der Waals surface area (Å²) >= 11 is 0. The van der Waals surface area contributed by atoms with Crippen molar-refractivity contribution in [3.63, 3.8) is 0 Å². The molecule has 10 heteroatoms. The molecule has 4 aromatic rings. The molecule has 2 aliphatic rings. The van der Waals surface area contributed by atoms with Crippen molar-refractivity contribution >= 4 is 23.6 Å². The van der Waals surface area contributed by atoms with Crippen LogP contribution < -0.4 is 0 Å². The highest BCUT2D eigenvalue weighted by Gasteiger charge is 2.51. The largest absolute Gasteiger partial charge is 0.412 e. The Morgan fingerprint density at radius 2 is 0.913 bits per heavy atom. The fourth-order valence-electron chi connectivity index (χ4n) is 5.99. The number of aliphatic hydroxyl groups is 1. The summed E-state index contributed by atoms with van der Waals surface area (Å²) in [7, 11) is 0. The molecule has 0 aromatic heterocycles. The van der Waals surface area contributed by atoms with Gasteiger partial charge in [0.2, 0.25) is 17.7 Å². The van der Waals surface area contributed by atoms with Crippen molar-refractivity contribution in [3.8, 4) is 0 Å². The van der Waals surface area contributed by atoms with E-state index in [2.05, 4.69) is 0 Å². The van der Waals surface area contributed by atoms with Crippen LogP contribution in [0.15, 0.2) is 115 Å². The Balaban J connectivity index is 0.00000417. The molecule has 2 aliphatic heterocycles. The first-order chi connectivity index (χ1) is 21.8. The predicted octanol–water partition coefficient (Wildman–Crippen LogP) is 2.56. The summed E-state index contributed by atoms with van der Waals surface area (Å²) in [5, 5.41) is 12.4. The van der Waals surface area contributed by atoms with E-state index in [9.17, 15) is 24.3 Å². The highest BCUT2D eigenvalue weighted by Crippen LogP contribution is 2.38. The fraction of sp³-hybridized carbons (Fsp3) is 0.222. The van der Waals surface area contributed by atoms with E-state index in [-0.39, 0.29) is 50.3 Å². The topological polar surface area (TPSA) is 133 Å². The van der Waals surface area contributed by atoms with E-state index in [0.717, 1.165) is 21.6 Å². The van der Waals surface area contributed by atoms with Gasteiger partial charge in [0.15, 0.2) is 5.72 Å². The molecule has 0 spiro atoms. The van der Waals surface area contributed by atoms with Crippen LogP contribution in [0.1, 0.15) is 32.6 Å². The van der Waals surface area contributed by atoms with Crippen LogP contribution in [-0.4, -0.2) is 80.0 Å². The Bertz CT molecular complexity index is 1700. The van der Waals surface area contributed by atoms with E-state index in [0.29, 0.717) is 5.56 Å². The molecule has 1 saturated heterocycles. The average molecular weight is 621 g/mol. The van der Waals surface area contributed by atoms with Crippen molar-refractivity contribution in [2.45, 2.75) is 25.4 Å². The molecule has 2 heterocycles. The molecule has 236 valence electrons. The highest BCUT2D eigenvalue weighted by atomic mass is 16.3. The van der Waals surface area contributed by atoms with Crippen molar-refractivity contribution in [2.75, 3.05) is 26.2 Å². The molecule has 46 heavy (non-hydrogen) atoms. The smallest absolute Gasteiger partial charge is 0.257 e. The van der Waals surface area contributed by atoms with Crippen LogP contribution in [0.4, 0.5) is 0 Å². The zero-order valence-corrected chi connectivity index (χ0v) is 25.3. The van der Waals surface area contributed by atoms with Crippen molar-refractivity contribution in [1.29, 1.82) is 0 Å². The number of fused-ring (bicyclic) bond motifs is 3. The normalized spacial score (nSPS) is 18.8. The van der Waals surface area contributed by atoms with Gasteiger partial charge in [0.05, 0.1) is 6.54 Å². The van der Waals surface area contributed by atoms with Gasteiger partial charge < -0.3 is 25.3 Å². The van der Waals surface area contributed by atoms with Gasteiger partial charge in [0.25, 0.3) is 5.91 Å². The van der Waals surface area contributed by atoms with Crippen LogP contribution in [0.3, 0.4) is 0 Å². The Morgan fingerprint density at radius 1 is 0.522 bits per heavy atom. The van der Waals surface area contributed by atoms with Gasteiger partial charge in [-0.3, -0.25) is 24.1 Å². The molecule has 0 saturated carbocycles. The number of rotatable bonds is 6. The average Bonchev–Trinajstić information content (AvgIpc) is 3.26. The first-order valence-electron chi connectivity index (χ1n) is 14.9. The van der Waals surface area contributed by atoms with E-state index in [1.807, 2.05) is 91.0 Å². The van der Waals surface area contributed by atoms with Crippen LogP contribution in [0.25, 0.3) is 0 Å². The molecule has 4 aromatic carbocycles. The minimum absolute atomic E-state index is 0. The lowest BCUT2D eigenvalue weighted by atomic mass is 10.00. The molecule has 6 rings (SSSR count). The third kappa shape index (κ3) is 6.68. The Morgan fingerprint density at radius 3 is 1.41 bits per heavy atom. The van der Waals surface area contributed by atoms with Crippen molar-refractivity contribution in [1.82, 2.24) is 19.6 Å². The van der Waals surface area contributed by atoms with Crippen LogP contribution in [0.5, 0.6) is 0 Å². The molecular weight excluding hydrogens is 584 g/mol. The molecule has 1 atom stereocenters. The Hall–Kier alpha value is -5.32. The third-order valence-electron chi connectivity index (χ3n) is 8.34. The molecule has 1 fully saturated rings. The predicted molar refractivity (Wildman–Crippen MR) is 171 cm³/mol. The number of hydrogen-bond donors (Lipinski definition) is 1. The van der Waals surface area contributed by atoms with Gasteiger partial charge in [-0.1, -0.05) is 109 Å². The molecule has 0 unspecified atom stereocenters. The van der Waals surface area contributed by atoms with E-state index >= 15 is 0 Å². The third-order valence-corrected chi connectivity index (χ3v) is 8.34.